The number of hydrogen-bond acceptors (Lipinski definition) is 7. The molecule has 1 N–H and O–H groups in total. The van der Waals surface area contributed by atoms with Gasteiger partial charge in [-0.3, -0.25) is 0 Å². The lowest BCUT2D eigenvalue weighted by molar-refractivity contribution is -0.288. The highest BCUT2D eigenvalue weighted by atomic mass is 16.7. The lowest BCUT2D eigenvalue weighted by Gasteiger charge is -2.40. The van der Waals surface area contributed by atoms with E-state index in [0.29, 0.717) is 32.8 Å². The summed E-state index contributed by atoms with van der Waals surface area (Å²) in [6.07, 6.45) is 3.60. The van der Waals surface area contributed by atoms with Gasteiger partial charge in [-0.1, -0.05) is 87.7 Å². The molecule has 3 fully saturated rings. The number of ether oxygens (including phenoxy) is 6. The van der Waals surface area contributed by atoms with Crippen LogP contribution in [0.25, 0.3) is 0 Å². The third kappa shape index (κ3) is 6.98. The summed E-state index contributed by atoms with van der Waals surface area (Å²) < 4.78 is 34.0. The highest BCUT2D eigenvalue weighted by Crippen LogP contribution is 2.32. The van der Waals surface area contributed by atoms with E-state index in [2.05, 4.69) is 6.08 Å². The lowest BCUT2D eigenvalue weighted by Crippen LogP contribution is -2.49. The van der Waals surface area contributed by atoms with Crippen molar-refractivity contribution in [2.24, 2.45) is 0 Å². The molecule has 0 aromatic heterocycles. The van der Waals surface area contributed by atoms with Crippen LogP contribution in [0.5, 0.6) is 0 Å². The Balaban J connectivity index is 0.000000185. The zero-order valence-corrected chi connectivity index (χ0v) is 18.4. The molecule has 4 heterocycles. The van der Waals surface area contributed by atoms with Crippen LogP contribution in [0.15, 0.2) is 72.8 Å². The molecule has 2 aromatic rings. The molecule has 0 radical (unpaired) electrons. The van der Waals surface area contributed by atoms with Crippen molar-refractivity contribution in [3.05, 3.63) is 83.9 Å². The second-order valence-electron chi connectivity index (χ2n) is 8.49. The first-order valence-corrected chi connectivity index (χ1v) is 11.5. The van der Waals surface area contributed by atoms with Gasteiger partial charge < -0.3 is 33.5 Å². The van der Waals surface area contributed by atoms with Gasteiger partial charge in [-0.25, -0.2) is 0 Å². The minimum Gasteiger partial charge on any atom is -0.391 e. The van der Waals surface area contributed by atoms with Crippen molar-refractivity contribution >= 4 is 0 Å². The van der Waals surface area contributed by atoms with Gasteiger partial charge in [-0.15, -0.1) is 0 Å². The minimum absolute atomic E-state index is 0. The first kappa shape index (κ1) is 27.5. The molecular formula is C28H38O7. The van der Waals surface area contributed by atoms with E-state index < -0.39 is 6.10 Å². The van der Waals surface area contributed by atoms with Crippen molar-refractivity contribution in [2.75, 3.05) is 26.4 Å². The summed E-state index contributed by atoms with van der Waals surface area (Å²) in [6.45, 7) is 2.15. The molecular weight excluding hydrogens is 448 g/mol. The van der Waals surface area contributed by atoms with Gasteiger partial charge in [0.15, 0.2) is 12.6 Å². The van der Waals surface area contributed by atoms with Crippen molar-refractivity contribution in [3.8, 4) is 0 Å². The Hall–Kier alpha value is -2.10. The summed E-state index contributed by atoms with van der Waals surface area (Å²) in [6, 6.07) is 19.8. The van der Waals surface area contributed by atoms with E-state index in [0.717, 1.165) is 11.1 Å². The summed E-state index contributed by atoms with van der Waals surface area (Å²) >= 11 is 0. The molecule has 2 unspecified atom stereocenters. The standard InChI is InChI=1S/C13H16O4.C13H14O3.2CH4/c14-10-6-11-12(15-7-10)8-16-13(17-11)9-4-2-1-3-5-9;1-2-5-10(6-3-1)13-15-9-12-11(16-13)7-4-8-14-12;;/h1-5,10-14H,6-8H2;1-7,11-13H,8-9H2;2*1H4/t10-,11-,12+,13?;11-,12+,13?;;/m00../s1. The van der Waals surface area contributed by atoms with E-state index in [-0.39, 0.29) is 51.8 Å². The Morgan fingerprint density at radius 2 is 1.23 bits per heavy atom. The topological polar surface area (TPSA) is 75.6 Å². The largest absolute Gasteiger partial charge is 0.391 e. The highest BCUT2D eigenvalue weighted by Gasteiger charge is 2.38. The first-order chi connectivity index (χ1) is 16.3. The molecule has 7 atom stereocenters. The smallest absolute Gasteiger partial charge is 0.184 e. The fraction of sp³-hybridized carbons (Fsp3) is 0.500. The number of hydrogen-bond donors (Lipinski definition) is 1. The molecule has 0 spiro atoms. The van der Waals surface area contributed by atoms with Crippen molar-refractivity contribution in [1.82, 2.24) is 0 Å². The van der Waals surface area contributed by atoms with Crippen LogP contribution < -0.4 is 0 Å². The van der Waals surface area contributed by atoms with Crippen molar-refractivity contribution < 1.29 is 33.5 Å². The third-order valence-electron chi connectivity index (χ3n) is 6.07. The number of benzene rings is 2. The summed E-state index contributed by atoms with van der Waals surface area (Å²) in [4.78, 5) is 0. The molecule has 7 nitrogen and oxygen atoms in total. The normalized spacial score (nSPS) is 33.5. The fourth-order valence-corrected chi connectivity index (χ4v) is 4.31. The van der Waals surface area contributed by atoms with E-state index >= 15 is 0 Å². The van der Waals surface area contributed by atoms with Crippen LogP contribution >= 0.6 is 0 Å². The van der Waals surface area contributed by atoms with E-state index in [1.54, 1.807) is 0 Å². The minimum atomic E-state index is -0.425. The first-order valence-electron chi connectivity index (χ1n) is 11.5. The molecule has 4 aliphatic rings. The zero-order chi connectivity index (χ0) is 22.5. The molecule has 0 aliphatic carbocycles. The maximum absolute atomic E-state index is 9.56. The molecule has 0 amide bonds. The molecule has 3 saturated heterocycles. The Morgan fingerprint density at radius 1 is 0.629 bits per heavy atom. The molecule has 35 heavy (non-hydrogen) atoms. The Bertz CT molecular complexity index is 891. The highest BCUT2D eigenvalue weighted by molar-refractivity contribution is 5.17. The van der Waals surface area contributed by atoms with Gasteiger partial charge in [0.1, 0.15) is 18.3 Å². The predicted molar refractivity (Wildman–Crippen MR) is 133 cm³/mol. The van der Waals surface area contributed by atoms with Crippen LogP contribution in [0.2, 0.25) is 0 Å². The number of rotatable bonds is 2. The maximum Gasteiger partial charge on any atom is 0.184 e. The molecule has 6 rings (SSSR count). The summed E-state index contributed by atoms with van der Waals surface area (Å²) in [7, 11) is 0. The van der Waals surface area contributed by atoms with Gasteiger partial charge in [0, 0.05) is 17.5 Å². The van der Waals surface area contributed by atoms with Gasteiger partial charge in [-0.05, 0) is 0 Å². The SMILES string of the molecule is C.C.C1=C[C@@H]2OC(c3ccccc3)OC[C@H]2OC1.O[C@@H]1CO[C@@H]2COC(c3ccccc3)O[C@H]2C1. The molecule has 7 heteroatoms. The Morgan fingerprint density at radius 3 is 1.89 bits per heavy atom. The van der Waals surface area contributed by atoms with Gasteiger partial charge in [0.25, 0.3) is 0 Å². The maximum atomic E-state index is 9.56. The number of aliphatic hydroxyl groups is 1. The molecule has 192 valence electrons. The van der Waals surface area contributed by atoms with Crippen molar-refractivity contribution in [3.63, 3.8) is 0 Å². The quantitative estimate of drug-likeness (QED) is 0.623. The van der Waals surface area contributed by atoms with Crippen LogP contribution in [0.4, 0.5) is 0 Å². The van der Waals surface area contributed by atoms with Crippen molar-refractivity contribution in [2.45, 2.75) is 64.4 Å². The summed E-state index contributed by atoms with van der Waals surface area (Å²) in [5.41, 5.74) is 2.06. The van der Waals surface area contributed by atoms with E-state index in [1.165, 1.54) is 0 Å². The molecule has 2 aromatic carbocycles. The van der Waals surface area contributed by atoms with E-state index in [4.69, 9.17) is 28.4 Å². The third-order valence-corrected chi connectivity index (χ3v) is 6.07. The van der Waals surface area contributed by atoms with Crippen LogP contribution in [0, 0.1) is 0 Å². The molecule has 0 saturated carbocycles. The predicted octanol–water partition coefficient (Wildman–Crippen LogP) is 4.58. The summed E-state index contributed by atoms with van der Waals surface area (Å²) in [5, 5.41) is 9.56. The number of fused-ring (bicyclic) bond motifs is 2. The number of aliphatic hydroxyl groups excluding tert-OH is 1. The lowest BCUT2D eigenvalue weighted by atomic mass is 10.0. The van der Waals surface area contributed by atoms with Crippen LogP contribution in [-0.2, 0) is 28.4 Å². The Labute approximate surface area is 208 Å². The van der Waals surface area contributed by atoms with Crippen molar-refractivity contribution in [1.29, 1.82) is 0 Å². The van der Waals surface area contributed by atoms with Gasteiger partial charge in [-0.2, -0.15) is 0 Å². The van der Waals surface area contributed by atoms with E-state index in [1.807, 2.05) is 66.7 Å². The second kappa shape index (κ2) is 13.3. The zero-order valence-electron chi connectivity index (χ0n) is 18.4. The van der Waals surface area contributed by atoms with E-state index in [9.17, 15) is 5.11 Å². The van der Waals surface area contributed by atoms with Crippen LogP contribution in [0.3, 0.4) is 0 Å². The summed E-state index contributed by atoms with van der Waals surface area (Å²) in [5.74, 6) is 0. The Kier molecular flexibility index (Phi) is 10.4. The second-order valence-corrected chi connectivity index (χ2v) is 8.49. The van der Waals surface area contributed by atoms with Crippen LogP contribution in [-0.4, -0.2) is 62.1 Å². The van der Waals surface area contributed by atoms with Gasteiger partial charge >= 0.3 is 0 Å². The average Bonchev–Trinajstić information content (AvgIpc) is 2.89. The van der Waals surface area contributed by atoms with Gasteiger partial charge in [0.05, 0.1) is 38.6 Å². The average molecular weight is 487 g/mol. The molecule has 0 bridgehead atoms. The fourth-order valence-electron chi connectivity index (χ4n) is 4.31. The monoisotopic (exact) mass is 486 g/mol. The molecule has 4 aliphatic heterocycles. The van der Waals surface area contributed by atoms with Gasteiger partial charge in [0.2, 0.25) is 0 Å². The van der Waals surface area contributed by atoms with Crippen LogP contribution in [0.1, 0.15) is 45.0 Å².